The van der Waals surface area contributed by atoms with E-state index in [0.29, 0.717) is 22.1 Å². The second kappa shape index (κ2) is 8.07. The van der Waals surface area contributed by atoms with Gasteiger partial charge in [0, 0.05) is 24.2 Å². The molecule has 0 saturated carbocycles. The van der Waals surface area contributed by atoms with E-state index in [-0.39, 0.29) is 11.6 Å². The molecule has 3 aromatic rings. The van der Waals surface area contributed by atoms with Gasteiger partial charge in [0.15, 0.2) is 5.13 Å². The summed E-state index contributed by atoms with van der Waals surface area (Å²) in [5, 5.41) is 17.8. The number of aliphatic hydroxyl groups excluding tert-OH is 1. The molecule has 8 heteroatoms. The first-order valence-corrected chi connectivity index (χ1v) is 9.06. The fraction of sp³-hybridized carbons (Fsp3) is 0.158. The number of hydrogen-bond donors (Lipinski definition) is 3. The van der Waals surface area contributed by atoms with Crippen molar-refractivity contribution in [2.24, 2.45) is 0 Å². The SMILES string of the molecule is CC(=O)Nc1nc(C(=O)Nc2cc(C(O)c3ccccn3)ccc2C)cs1. The van der Waals surface area contributed by atoms with Gasteiger partial charge in [-0.25, -0.2) is 4.98 Å². The Morgan fingerprint density at radius 1 is 1.19 bits per heavy atom. The topological polar surface area (TPSA) is 104 Å². The molecule has 3 rings (SSSR count). The van der Waals surface area contributed by atoms with E-state index >= 15 is 0 Å². The van der Waals surface area contributed by atoms with Gasteiger partial charge in [0.05, 0.1) is 5.69 Å². The molecule has 0 fully saturated rings. The summed E-state index contributed by atoms with van der Waals surface area (Å²) in [6, 6.07) is 10.6. The van der Waals surface area contributed by atoms with Gasteiger partial charge < -0.3 is 15.7 Å². The van der Waals surface area contributed by atoms with E-state index in [4.69, 9.17) is 0 Å². The highest BCUT2D eigenvalue weighted by Gasteiger charge is 2.16. The number of benzene rings is 1. The molecule has 0 bridgehead atoms. The van der Waals surface area contributed by atoms with Crippen LogP contribution >= 0.6 is 11.3 Å². The number of hydrogen-bond acceptors (Lipinski definition) is 6. The smallest absolute Gasteiger partial charge is 0.275 e. The predicted octanol–water partition coefficient (Wildman–Crippen LogP) is 3.14. The van der Waals surface area contributed by atoms with Crippen molar-refractivity contribution in [2.45, 2.75) is 20.0 Å². The number of aryl methyl sites for hydroxylation is 1. The summed E-state index contributed by atoms with van der Waals surface area (Å²) in [6.07, 6.45) is 0.720. The number of thiazole rings is 1. The lowest BCUT2D eigenvalue weighted by atomic mass is 10.0. The second-order valence-corrected chi connectivity index (χ2v) is 6.76. The standard InChI is InChI=1S/C19H18N4O3S/c1-11-6-7-13(17(25)14-5-3-4-8-20-14)9-15(11)22-18(26)16-10-27-19(23-16)21-12(2)24/h3-10,17,25H,1-2H3,(H,22,26)(H,21,23,24). The Morgan fingerprint density at radius 3 is 2.70 bits per heavy atom. The van der Waals surface area contributed by atoms with Crippen LogP contribution in [0.15, 0.2) is 48.0 Å². The minimum atomic E-state index is -0.895. The van der Waals surface area contributed by atoms with Crippen LogP contribution in [0.1, 0.15) is 40.3 Å². The number of nitrogens with zero attached hydrogens (tertiary/aromatic N) is 2. The average Bonchev–Trinajstić information content (AvgIpc) is 3.11. The first kappa shape index (κ1) is 18.7. The van der Waals surface area contributed by atoms with E-state index in [0.717, 1.165) is 5.56 Å². The van der Waals surface area contributed by atoms with Crippen LogP contribution in [0, 0.1) is 6.92 Å². The zero-order valence-corrected chi connectivity index (χ0v) is 15.6. The largest absolute Gasteiger partial charge is 0.382 e. The Morgan fingerprint density at radius 2 is 2.00 bits per heavy atom. The van der Waals surface area contributed by atoms with Gasteiger partial charge in [0.1, 0.15) is 11.8 Å². The van der Waals surface area contributed by atoms with E-state index in [1.165, 1.54) is 18.3 Å². The Balaban J connectivity index is 1.79. The van der Waals surface area contributed by atoms with Crippen LogP contribution in [-0.4, -0.2) is 26.9 Å². The van der Waals surface area contributed by atoms with Gasteiger partial charge in [-0.1, -0.05) is 18.2 Å². The fourth-order valence-electron chi connectivity index (χ4n) is 2.43. The van der Waals surface area contributed by atoms with Gasteiger partial charge in [-0.15, -0.1) is 11.3 Å². The number of amides is 2. The van der Waals surface area contributed by atoms with Crippen molar-refractivity contribution in [3.63, 3.8) is 0 Å². The maximum atomic E-state index is 12.5. The molecule has 2 amide bonds. The maximum absolute atomic E-state index is 12.5. The number of pyridine rings is 1. The maximum Gasteiger partial charge on any atom is 0.275 e. The van der Waals surface area contributed by atoms with E-state index in [2.05, 4.69) is 20.6 Å². The Bertz CT molecular complexity index is 972. The molecule has 138 valence electrons. The third-order valence-electron chi connectivity index (χ3n) is 3.81. The molecule has 0 radical (unpaired) electrons. The molecule has 27 heavy (non-hydrogen) atoms. The van der Waals surface area contributed by atoms with Crippen molar-refractivity contribution in [3.8, 4) is 0 Å². The first-order valence-electron chi connectivity index (χ1n) is 8.18. The third kappa shape index (κ3) is 4.55. The monoisotopic (exact) mass is 382 g/mol. The van der Waals surface area contributed by atoms with Crippen molar-refractivity contribution in [1.82, 2.24) is 9.97 Å². The van der Waals surface area contributed by atoms with Crippen LogP contribution in [0.4, 0.5) is 10.8 Å². The minimum absolute atomic E-state index is 0.207. The van der Waals surface area contributed by atoms with Gasteiger partial charge in [0.2, 0.25) is 5.91 Å². The highest BCUT2D eigenvalue weighted by Crippen LogP contribution is 2.26. The molecule has 0 aliphatic carbocycles. The lowest BCUT2D eigenvalue weighted by Crippen LogP contribution is -2.14. The summed E-state index contributed by atoms with van der Waals surface area (Å²) in [7, 11) is 0. The number of aromatic nitrogens is 2. The summed E-state index contributed by atoms with van der Waals surface area (Å²) >= 11 is 1.17. The van der Waals surface area contributed by atoms with Crippen molar-refractivity contribution in [2.75, 3.05) is 10.6 Å². The zero-order valence-electron chi connectivity index (χ0n) is 14.8. The van der Waals surface area contributed by atoms with Gasteiger partial charge in [-0.2, -0.15) is 0 Å². The van der Waals surface area contributed by atoms with Gasteiger partial charge in [0.25, 0.3) is 5.91 Å². The highest BCUT2D eigenvalue weighted by molar-refractivity contribution is 7.14. The summed E-state index contributed by atoms with van der Waals surface area (Å²) < 4.78 is 0. The second-order valence-electron chi connectivity index (χ2n) is 5.90. The number of nitrogens with one attached hydrogen (secondary N) is 2. The molecule has 3 N–H and O–H groups in total. The summed E-state index contributed by atoms with van der Waals surface area (Å²) in [5.74, 6) is -0.640. The minimum Gasteiger partial charge on any atom is -0.382 e. The lowest BCUT2D eigenvalue weighted by molar-refractivity contribution is -0.114. The van der Waals surface area contributed by atoms with Crippen LogP contribution in [0.3, 0.4) is 0 Å². The quantitative estimate of drug-likeness (QED) is 0.629. The molecular weight excluding hydrogens is 364 g/mol. The predicted molar refractivity (Wildman–Crippen MR) is 104 cm³/mol. The van der Waals surface area contributed by atoms with E-state index < -0.39 is 12.0 Å². The molecule has 0 spiro atoms. The van der Waals surface area contributed by atoms with Crippen LogP contribution in [0.25, 0.3) is 0 Å². The summed E-state index contributed by atoms with van der Waals surface area (Å²) in [6.45, 7) is 3.24. The Kier molecular flexibility index (Phi) is 5.58. The number of carbonyl (C=O) groups is 2. The van der Waals surface area contributed by atoms with Gasteiger partial charge in [-0.3, -0.25) is 14.6 Å². The third-order valence-corrected chi connectivity index (χ3v) is 4.57. The number of carbonyl (C=O) groups excluding carboxylic acids is 2. The molecule has 1 atom stereocenters. The molecule has 0 aliphatic heterocycles. The van der Waals surface area contributed by atoms with Crippen molar-refractivity contribution in [1.29, 1.82) is 0 Å². The number of rotatable bonds is 5. The fourth-order valence-corrected chi connectivity index (χ4v) is 3.16. The molecule has 1 aromatic carbocycles. The van der Waals surface area contributed by atoms with Crippen LogP contribution in [-0.2, 0) is 4.79 Å². The average molecular weight is 382 g/mol. The van der Waals surface area contributed by atoms with Crippen LogP contribution in [0.5, 0.6) is 0 Å². The lowest BCUT2D eigenvalue weighted by Gasteiger charge is -2.14. The normalized spacial score (nSPS) is 11.7. The Labute approximate surface area is 160 Å². The van der Waals surface area contributed by atoms with Crippen LogP contribution < -0.4 is 10.6 Å². The first-order chi connectivity index (χ1) is 12.9. The Hall–Kier alpha value is -3.10. The van der Waals surface area contributed by atoms with Gasteiger partial charge >= 0.3 is 0 Å². The zero-order chi connectivity index (χ0) is 19.4. The highest BCUT2D eigenvalue weighted by atomic mass is 32.1. The molecule has 7 nitrogen and oxygen atoms in total. The summed E-state index contributed by atoms with van der Waals surface area (Å²) in [5.41, 5.74) is 2.77. The van der Waals surface area contributed by atoms with Crippen molar-refractivity contribution >= 4 is 34.0 Å². The molecule has 2 heterocycles. The molecule has 2 aromatic heterocycles. The molecule has 0 saturated heterocycles. The number of anilines is 2. The van der Waals surface area contributed by atoms with Crippen LogP contribution in [0.2, 0.25) is 0 Å². The van der Waals surface area contributed by atoms with Gasteiger partial charge in [-0.05, 0) is 36.2 Å². The number of aliphatic hydroxyl groups is 1. The summed E-state index contributed by atoms with van der Waals surface area (Å²) in [4.78, 5) is 31.8. The molecule has 0 aliphatic rings. The molecular formula is C19H18N4O3S. The van der Waals surface area contributed by atoms with E-state index in [1.807, 2.05) is 13.0 Å². The van der Waals surface area contributed by atoms with Crippen molar-refractivity contribution < 1.29 is 14.7 Å². The van der Waals surface area contributed by atoms with Crippen molar-refractivity contribution in [3.05, 3.63) is 70.5 Å². The van der Waals surface area contributed by atoms with E-state index in [1.54, 1.807) is 41.9 Å². The van der Waals surface area contributed by atoms with E-state index in [9.17, 15) is 14.7 Å². The molecule has 1 unspecified atom stereocenters.